The summed E-state index contributed by atoms with van der Waals surface area (Å²) in [5.74, 6) is -4.65. The van der Waals surface area contributed by atoms with Crippen molar-refractivity contribution in [3.63, 3.8) is 0 Å². The Kier molecular flexibility index (Phi) is 8.53. The van der Waals surface area contributed by atoms with Gasteiger partial charge >= 0.3 is 0 Å². The van der Waals surface area contributed by atoms with Crippen LogP contribution in [0.3, 0.4) is 0 Å². The smallest absolute Gasteiger partial charge is 0.174 e. The van der Waals surface area contributed by atoms with Gasteiger partial charge in [-0.1, -0.05) is 19.7 Å². The molecule has 30 heavy (non-hydrogen) atoms. The molecule has 0 aliphatic carbocycles. The lowest BCUT2D eigenvalue weighted by molar-refractivity contribution is 0.164. The molecule has 0 fully saturated rings. The summed E-state index contributed by atoms with van der Waals surface area (Å²) in [7, 11) is -11.8. The molecule has 1 aromatic rings. The van der Waals surface area contributed by atoms with Crippen LogP contribution in [0, 0.1) is 0 Å². The molecule has 0 saturated carbocycles. The lowest BCUT2D eigenvalue weighted by Crippen LogP contribution is -2.23. The van der Waals surface area contributed by atoms with Crippen molar-refractivity contribution in [2.75, 3.05) is 17.3 Å². The summed E-state index contributed by atoms with van der Waals surface area (Å²) in [6.45, 7) is 9.26. The third-order valence-corrected chi connectivity index (χ3v) is 7.38. The van der Waals surface area contributed by atoms with E-state index in [-0.39, 0.29) is 0 Å². The third-order valence-electron chi connectivity index (χ3n) is 3.51. The van der Waals surface area contributed by atoms with Crippen molar-refractivity contribution >= 4 is 29.5 Å². The summed E-state index contributed by atoms with van der Waals surface area (Å²) in [5, 5.41) is 32.2. The molecule has 0 radical (unpaired) electrons. The van der Waals surface area contributed by atoms with E-state index >= 15 is 0 Å². The second-order valence-electron chi connectivity index (χ2n) is 5.95. The second kappa shape index (κ2) is 9.84. The van der Waals surface area contributed by atoms with Gasteiger partial charge in [0.15, 0.2) is 47.0 Å². The highest BCUT2D eigenvalue weighted by atomic mass is 32.2. The minimum atomic E-state index is -3.93. The van der Waals surface area contributed by atoms with Crippen LogP contribution in [-0.2, 0) is 29.5 Å². The summed E-state index contributed by atoms with van der Waals surface area (Å²) in [5.41, 5.74) is 0. The van der Waals surface area contributed by atoms with Gasteiger partial charge in [0.05, 0.1) is 17.3 Å². The Bertz CT molecular complexity index is 974. The fourth-order valence-electron chi connectivity index (χ4n) is 1.96. The van der Waals surface area contributed by atoms with Gasteiger partial charge in [-0.05, 0) is 0 Å². The van der Waals surface area contributed by atoms with E-state index in [0.717, 1.165) is 0 Å². The molecule has 15 heteroatoms. The fraction of sp³-hybridized carbons (Fsp3) is 0.400. The van der Waals surface area contributed by atoms with Crippen molar-refractivity contribution in [2.24, 2.45) is 0 Å². The fourth-order valence-corrected chi connectivity index (χ4v) is 4.14. The molecular weight excluding hydrogens is 462 g/mol. The standard InChI is InChI=1S/C15H21N3O9S3/c1-4-28(22,23)7-10(19)13-16-14(11(20)8-29(24,25)5-2)18-15(17-13)12(21)9-30(26,27)6-3/h4-6,10-12,19-21H,1-3,7-9H2. The molecule has 3 atom stereocenters. The molecule has 0 spiro atoms. The summed E-state index contributed by atoms with van der Waals surface area (Å²) < 4.78 is 69.9. The first kappa shape index (κ1) is 26.0. The first-order valence-electron chi connectivity index (χ1n) is 8.00. The van der Waals surface area contributed by atoms with Crippen LogP contribution < -0.4 is 0 Å². The maximum absolute atomic E-state index is 11.6. The van der Waals surface area contributed by atoms with Crippen molar-refractivity contribution in [3.05, 3.63) is 53.4 Å². The zero-order chi connectivity index (χ0) is 23.3. The zero-order valence-electron chi connectivity index (χ0n) is 15.6. The van der Waals surface area contributed by atoms with Crippen LogP contribution in [-0.4, -0.2) is 72.8 Å². The van der Waals surface area contributed by atoms with E-state index in [4.69, 9.17) is 0 Å². The van der Waals surface area contributed by atoms with E-state index in [1.807, 2.05) is 0 Å². The maximum Gasteiger partial charge on any atom is 0.174 e. The van der Waals surface area contributed by atoms with E-state index in [1.165, 1.54) is 0 Å². The van der Waals surface area contributed by atoms with Crippen molar-refractivity contribution in [2.45, 2.75) is 18.3 Å². The Hall–Kier alpha value is -2.04. The van der Waals surface area contributed by atoms with E-state index < -0.39 is 82.6 Å². The highest BCUT2D eigenvalue weighted by molar-refractivity contribution is 7.94. The van der Waals surface area contributed by atoms with Gasteiger partial charge in [-0.3, -0.25) is 0 Å². The summed E-state index contributed by atoms with van der Waals surface area (Å²) in [6, 6.07) is 0. The van der Waals surface area contributed by atoms with Crippen molar-refractivity contribution in [1.82, 2.24) is 15.0 Å². The van der Waals surface area contributed by atoms with Crippen LogP contribution in [0.25, 0.3) is 0 Å². The molecule has 1 rings (SSSR count). The predicted molar refractivity (Wildman–Crippen MR) is 107 cm³/mol. The van der Waals surface area contributed by atoms with Gasteiger partial charge in [0.1, 0.15) is 18.3 Å². The number of aliphatic hydroxyl groups is 3. The Morgan fingerprint density at radius 2 is 0.800 bits per heavy atom. The van der Waals surface area contributed by atoms with Crippen molar-refractivity contribution < 1.29 is 40.6 Å². The molecule has 0 bridgehead atoms. The lowest BCUT2D eigenvalue weighted by Gasteiger charge is -2.16. The molecule has 0 amide bonds. The monoisotopic (exact) mass is 483 g/mol. The second-order valence-corrected chi connectivity index (χ2v) is 11.9. The summed E-state index contributed by atoms with van der Waals surface area (Å²) >= 11 is 0. The Labute approximate surface area is 174 Å². The zero-order valence-corrected chi connectivity index (χ0v) is 18.0. The van der Waals surface area contributed by atoms with Crippen LogP contribution >= 0.6 is 0 Å². The van der Waals surface area contributed by atoms with E-state index in [9.17, 15) is 40.6 Å². The highest BCUT2D eigenvalue weighted by Gasteiger charge is 2.27. The molecule has 3 N–H and O–H groups in total. The van der Waals surface area contributed by atoms with Crippen LogP contribution in [0.4, 0.5) is 0 Å². The SMILES string of the molecule is C=CS(=O)(=O)CC(O)c1nc(C(O)CS(=O)(=O)C=C)nc(C(O)CS(=O)(=O)C=C)n1. The van der Waals surface area contributed by atoms with E-state index in [2.05, 4.69) is 34.7 Å². The minimum Gasteiger partial charge on any atom is -0.384 e. The molecule has 168 valence electrons. The number of sulfone groups is 3. The molecule has 0 aliphatic rings. The predicted octanol–water partition coefficient (Wildman–Crippen LogP) is -1.35. The minimum absolute atomic E-state index is 0.580. The number of aliphatic hydroxyl groups excluding tert-OH is 3. The molecule has 0 aromatic carbocycles. The Morgan fingerprint density at radius 1 is 0.600 bits per heavy atom. The van der Waals surface area contributed by atoms with E-state index in [0.29, 0.717) is 16.2 Å². The molecule has 12 nitrogen and oxygen atoms in total. The van der Waals surface area contributed by atoms with Crippen LogP contribution in [0.1, 0.15) is 35.8 Å². The number of hydrogen-bond acceptors (Lipinski definition) is 12. The average molecular weight is 484 g/mol. The van der Waals surface area contributed by atoms with Gasteiger partial charge in [0, 0.05) is 16.2 Å². The number of nitrogens with zero attached hydrogens (tertiary/aromatic N) is 3. The first-order chi connectivity index (χ1) is 13.6. The molecule has 0 saturated heterocycles. The number of aromatic nitrogens is 3. The number of rotatable bonds is 12. The molecule has 0 aliphatic heterocycles. The van der Waals surface area contributed by atoms with Gasteiger partial charge in [-0.15, -0.1) is 0 Å². The van der Waals surface area contributed by atoms with Crippen molar-refractivity contribution in [3.8, 4) is 0 Å². The summed E-state index contributed by atoms with van der Waals surface area (Å²) in [4.78, 5) is 11.0. The largest absolute Gasteiger partial charge is 0.384 e. The molecule has 1 heterocycles. The van der Waals surface area contributed by atoms with Gasteiger partial charge in [0.2, 0.25) is 0 Å². The van der Waals surface area contributed by atoms with Crippen LogP contribution in [0.2, 0.25) is 0 Å². The maximum atomic E-state index is 11.6. The highest BCUT2D eigenvalue weighted by Crippen LogP contribution is 2.20. The van der Waals surface area contributed by atoms with Crippen LogP contribution in [0.15, 0.2) is 36.0 Å². The van der Waals surface area contributed by atoms with Crippen molar-refractivity contribution in [1.29, 1.82) is 0 Å². The van der Waals surface area contributed by atoms with Gasteiger partial charge in [-0.2, -0.15) is 0 Å². The molecule has 3 unspecified atom stereocenters. The third kappa shape index (κ3) is 7.66. The molecule has 1 aromatic heterocycles. The molecular formula is C15H21N3O9S3. The van der Waals surface area contributed by atoms with Gasteiger partial charge in [0.25, 0.3) is 0 Å². The van der Waals surface area contributed by atoms with Crippen LogP contribution in [0.5, 0.6) is 0 Å². The van der Waals surface area contributed by atoms with Gasteiger partial charge < -0.3 is 15.3 Å². The van der Waals surface area contributed by atoms with E-state index in [1.54, 1.807) is 0 Å². The van der Waals surface area contributed by atoms with Gasteiger partial charge in [-0.25, -0.2) is 40.2 Å². The summed E-state index contributed by atoms with van der Waals surface area (Å²) in [6.07, 6.45) is -5.63. The topological polar surface area (TPSA) is 202 Å². The first-order valence-corrected chi connectivity index (χ1v) is 13.2. The Morgan fingerprint density at radius 3 is 0.967 bits per heavy atom. The normalized spacial score (nSPS) is 15.7. The quantitative estimate of drug-likeness (QED) is 0.316. The lowest BCUT2D eigenvalue weighted by atomic mass is 10.3. The number of hydrogen-bond donors (Lipinski definition) is 3. The average Bonchev–Trinajstić information content (AvgIpc) is 2.66. The Balaban J connectivity index is 3.48.